The van der Waals surface area contributed by atoms with E-state index >= 15 is 0 Å². The van der Waals surface area contributed by atoms with Gasteiger partial charge in [-0.15, -0.1) is 0 Å². The van der Waals surface area contributed by atoms with Crippen molar-refractivity contribution in [2.75, 3.05) is 0 Å². The SMILES string of the molecule is CC(C)(C)OC(=O)Oc1cccc(C2OC(C)(C)C(C)(C)O2)c1. The van der Waals surface area contributed by atoms with Gasteiger partial charge in [0, 0.05) is 5.56 Å². The molecule has 0 saturated carbocycles. The second kappa shape index (κ2) is 5.80. The Labute approximate surface area is 137 Å². The molecule has 1 aromatic carbocycles. The molecule has 5 heteroatoms. The Morgan fingerprint density at radius 3 is 2.17 bits per heavy atom. The molecular formula is C18H26O5. The van der Waals surface area contributed by atoms with Gasteiger partial charge in [0.25, 0.3) is 0 Å². The third kappa shape index (κ3) is 4.24. The fourth-order valence-corrected chi connectivity index (χ4v) is 2.07. The highest BCUT2D eigenvalue weighted by atomic mass is 16.7. The van der Waals surface area contributed by atoms with Crippen LogP contribution >= 0.6 is 0 Å². The lowest BCUT2D eigenvalue weighted by Gasteiger charge is -2.30. The fourth-order valence-electron chi connectivity index (χ4n) is 2.07. The Hall–Kier alpha value is -1.59. The highest BCUT2D eigenvalue weighted by Crippen LogP contribution is 2.45. The summed E-state index contributed by atoms with van der Waals surface area (Å²) in [6.07, 6.45) is -1.23. The average molecular weight is 322 g/mol. The van der Waals surface area contributed by atoms with Crippen LogP contribution in [0.3, 0.4) is 0 Å². The first kappa shape index (κ1) is 17.8. The summed E-state index contributed by atoms with van der Waals surface area (Å²) in [6.45, 7) is 13.3. The van der Waals surface area contributed by atoms with E-state index in [-0.39, 0.29) is 0 Å². The van der Waals surface area contributed by atoms with Gasteiger partial charge in [-0.25, -0.2) is 4.79 Å². The van der Waals surface area contributed by atoms with Gasteiger partial charge >= 0.3 is 6.16 Å². The van der Waals surface area contributed by atoms with E-state index in [1.807, 2.05) is 33.8 Å². The van der Waals surface area contributed by atoms with Crippen LogP contribution in [0.4, 0.5) is 4.79 Å². The van der Waals surface area contributed by atoms with E-state index in [4.69, 9.17) is 18.9 Å². The maximum Gasteiger partial charge on any atom is 0.514 e. The second-order valence-electron chi connectivity index (χ2n) is 7.73. The summed E-state index contributed by atoms with van der Waals surface area (Å²) >= 11 is 0. The number of hydrogen-bond acceptors (Lipinski definition) is 5. The summed E-state index contributed by atoms with van der Waals surface area (Å²) < 4.78 is 22.4. The summed E-state index contributed by atoms with van der Waals surface area (Å²) in [5.74, 6) is 0.395. The zero-order chi connectivity index (χ0) is 17.5. The lowest BCUT2D eigenvalue weighted by Crippen LogP contribution is -2.41. The molecule has 23 heavy (non-hydrogen) atoms. The van der Waals surface area contributed by atoms with Gasteiger partial charge in [0.15, 0.2) is 6.29 Å². The standard InChI is InChI=1S/C18H26O5/c1-16(2,3)23-15(19)20-13-10-8-9-12(11-13)14-21-17(4,5)18(6,7)22-14/h8-11,14H,1-7H3. The first-order valence-corrected chi connectivity index (χ1v) is 7.76. The predicted octanol–water partition coefficient (Wildman–Crippen LogP) is 4.60. The highest BCUT2D eigenvalue weighted by molar-refractivity contribution is 5.64. The zero-order valence-corrected chi connectivity index (χ0v) is 14.9. The minimum Gasteiger partial charge on any atom is -0.428 e. The van der Waals surface area contributed by atoms with Crippen molar-refractivity contribution in [3.63, 3.8) is 0 Å². The molecule has 5 nitrogen and oxygen atoms in total. The van der Waals surface area contributed by atoms with E-state index in [9.17, 15) is 4.79 Å². The van der Waals surface area contributed by atoms with Crippen molar-refractivity contribution in [2.24, 2.45) is 0 Å². The molecule has 0 bridgehead atoms. The summed E-state index contributed by atoms with van der Waals surface area (Å²) in [6, 6.07) is 7.09. The minimum absolute atomic E-state index is 0.395. The summed E-state index contributed by atoms with van der Waals surface area (Å²) in [5, 5.41) is 0. The van der Waals surface area contributed by atoms with E-state index in [0.29, 0.717) is 5.75 Å². The Morgan fingerprint density at radius 2 is 1.65 bits per heavy atom. The molecule has 1 aromatic rings. The van der Waals surface area contributed by atoms with Crippen LogP contribution in [0, 0.1) is 0 Å². The van der Waals surface area contributed by atoms with Crippen molar-refractivity contribution in [2.45, 2.75) is 71.6 Å². The average Bonchev–Trinajstić information content (AvgIpc) is 2.56. The Balaban J connectivity index is 2.11. The summed E-state index contributed by atoms with van der Waals surface area (Å²) in [4.78, 5) is 11.8. The van der Waals surface area contributed by atoms with Gasteiger partial charge in [-0.3, -0.25) is 0 Å². The first-order chi connectivity index (χ1) is 10.4. The van der Waals surface area contributed by atoms with E-state index < -0.39 is 29.2 Å². The van der Waals surface area contributed by atoms with E-state index in [0.717, 1.165) is 5.56 Å². The van der Waals surface area contributed by atoms with Gasteiger partial charge in [-0.1, -0.05) is 12.1 Å². The second-order valence-corrected chi connectivity index (χ2v) is 7.73. The number of ether oxygens (including phenoxy) is 4. The molecule has 0 radical (unpaired) electrons. The van der Waals surface area contributed by atoms with Crippen LogP contribution in [0.2, 0.25) is 0 Å². The molecule has 0 N–H and O–H groups in total. The van der Waals surface area contributed by atoms with Crippen molar-refractivity contribution >= 4 is 6.16 Å². The van der Waals surface area contributed by atoms with Crippen molar-refractivity contribution < 1.29 is 23.7 Å². The van der Waals surface area contributed by atoms with Gasteiger partial charge in [0.1, 0.15) is 11.4 Å². The third-order valence-corrected chi connectivity index (χ3v) is 3.97. The molecule has 1 heterocycles. The maximum absolute atomic E-state index is 11.8. The predicted molar refractivity (Wildman–Crippen MR) is 86.4 cm³/mol. The van der Waals surface area contributed by atoms with Crippen LogP contribution in [-0.2, 0) is 14.2 Å². The van der Waals surface area contributed by atoms with E-state index in [2.05, 4.69) is 0 Å². The number of benzene rings is 1. The molecule has 0 aliphatic carbocycles. The first-order valence-electron chi connectivity index (χ1n) is 7.76. The molecule has 0 atom stereocenters. The molecule has 0 amide bonds. The van der Waals surface area contributed by atoms with Crippen LogP contribution in [0.1, 0.15) is 60.3 Å². The summed E-state index contributed by atoms with van der Waals surface area (Å²) in [7, 11) is 0. The minimum atomic E-state index is -0.733. The molecule has 128 valence electrons. The van der Waals surface area contributed by atoms with Crippen LogP contribution < -0.4 is 4.74 Å². The molecule has 0 aromatic heterocycles. The third-order valence-electron chi connectivity index (χ3n) is 3.97. The Morgan fingerprint density at radius 1 is 1.09 bits per heavy atom. The van der Waals surface area contributed by atoms with Crippen LogP contribution in [0.15, 0.2) is 24.3 Å². The smallest absolute Gasteiger partial charge is 0.428 e. The normalized spacial score (nSPS) is 20.3. The number of carbonyl (C=O) groups is 1. The lowest BCUT2D eigenvalue weighted by molar-refractivity contribution is -0.0897. The van der Waals surface area contributed by atoms with Crippen molar-refractivity contribution in [3.05, 3.63) is 29.8 Å². The van der Waals surface area contributed by atoms with Crippen LogP contribution in [-0.4, -0.2) is 23.0 Å². The molecular weight excluding hydrogens is 296 g/mol. The quantitative estimate of drug-likeness (QED) is 0.588. The topological polar surface area (TPSA) is 54.0 Å². The number of rotatable bonds is 2. The molecule has 1 aliphatic heterocycles. The van der Waals surface area contributed by atoms with Crippen LogP contribution in [0.25, 0.3) is 0 Å². The molecule has 0 spiro atoms. The van der Waals surface area contributed by atoms with E-state index in [1.54, 1.807) is 39.0 Å². The van der Waals surface area contributed by atoms with Gasteiger partial charge in [0.05, 0.1) is 11.2 Å². The summed E-state index contributed by atoms with van der Waals surface area (Å²) in [5.41, 5.74) is -0.635. The Bertz CT molecular complexity index is 567. The monoisotopic (exact) mass is 322 g/mol. The molecule has 1 saturated heterocycles. The van der Waals surface area contributed by atoms with Crippen molar-refractivity contribution in [3.8, 4) is 5.75 Å². The highest BCUT2D eigenvalue weighted by Gasteiger charge is 2.49. The van der Waals surface area contributed by atoms with Gasteiger partial charge in [-0.2, -0.15) is 0 Å². The van der Waals surface area contributed by atoms with Crippen LogP contribution in [0.5, 0.6) is 5.75 Å². The maximum atomic E-state index is 11.8. The lowest BCUT2D eigenvalue weighted by atomic mass is 9.90. The molecule has 2 rings (SSSR count). The van der Waals surface area contributed by atoms with E-state index in [1.165, 1.54) is 0 Å². The van der Waals surface area contributed by atoms with Crippen molar-refractivity contribution in [1.29, 1.82) is 0 Å². The van der Waals surface area contributed by atoms with Gasteiger partial charge < -0.3 is 18.9 Å². The largest absolute Gasteiger partial charge is 0.514 e. The molecule has 1 aliphatic rings. The van der Waals surface area contributed by atoms with Gasteiger partial charge in [0.2, 0.25) is 0 Å². The van der Waals surface area contributed by atoms with Crippen molar-refractivity contribution in [1.82, 2.24) is 0 Å². The molecule has 0 unspecified atom stereocenters. The molecule has 1 fully saturated rings. The number of hydrogen-bond donors (Lipinski definition) is 0. The fraction of sp³-hybridized carbons (Fsp3) is 0.611. The Kier molecular flexibility index (Phi) is 4.48. The van der Waals surface area contributed by atoms with Gasteiger partial charge in [-0.05, 0) is 60.6 Å². The number of carbonyl (C=O) groups excluding carboxylic acids is 1. The zero-order valence-electron chi connectivity index (χ0n) is 14.9.